The summed E-state index contributed by atoms with van der Waals surface area (Å²) in [6, 6.07) is 0.780. The van der Waals surface area contributed by atoms with Crippen LogP contribution in [0.4, 0.5) is 0 Å². The van der Waals surface area contributed by atoms with Crippen LogP contribution in [0.5, 0.6) is 0 Å². The molecule has 3 nitrogen and oxygen atoms in total. The van der Waals surface area contributed by atoms with E-state index in [1.807, 2.05) is 0 Å². The molecule has 0 bridgehead atoms. The third-order valence-corrected chi connectivity index (χ3v) is 4.62. The first-order valence-electron chi connectivity index (χ1n) is 8.52. The summed E-state index contributed by atoms with van der Waals surface area (Å²) in [5.74, 6) is 1.47. The van der Waals surface area contributed by atoms with Crippen LogP contribution >= 0.6 is 0 Å². The van der Waals surface area contributed by atoms with Gasteiger partial charge in [-0.1, -0.05) is 27.7 Å². The first-order valence-corrected chi connectivity index (χ1v) is 8.52. The topological polar surface area (TPSA) is 46.3 Å². The van der Waals surface area contributed by atoms with Crippen LogP contribution in [0, 0.1) is 11.8 Å². The van der Waals surface area contributed by atoms with Gasteiger partial charge in [0, 0.05) is 25.0 Å². The highest BCUT2D eigenvalue weighted by Gasteiger charge is 2.26. The van der Waals surface area contributed by atoms with Gasteiger partial charge in [-0.3, -0.25) is 4.79 Å². The second kappa shape index (κ2) is 8.66. The molecule has 0 spiro atoms. The molecule has 20 heavy (non-hydrogen) atoms. The molecule has 1 saturated carbocycles. The van der Waals surface area contributed by atoms with Gasteiger partial charge in [0.2, 0.25) is 5.91 Å². The Labute approximate surface area is 125 Å². The van der Waals surface area contributed by atoms with Crippen LogP contribution in [-0.2, 0) is 4.79 Å². The van der Waals surface area contributed by atoms with E-state index in [1.165, 1.54) is 0 Å². The molecule has 1 rings (SSSR count). The number of rotatable bonds is 7. The molecular formula is C17H34N2O. The molecule has 3 heteroatoms. The van der Waals surface area contributed by atoms with E-state index in [2.05, 4.69) is 32.6 Å². The lowest BCUT2D eigenvalue weighted by atomic mass is 9.84. The van der Waals surface area contributed by atoms with E-state index in [0.717, 1.165) is 51.5 Å². The summed E-state index contributed by atoms with van der Waals surface area (Å²) in [5, 5.41) is 0. The molecule has 0 atom stereocenters. The summed E-state index contributed by atoms with van der Waals surface area (Å²) in [4.78, 5) is 14.8. The second-order valence-electron chi connectivity index (χ2n) is 6.90. The van der Waals surface area contributed by atoms with Crippen molar-refractivity contribution in [1.29, 1.82) is 0 Å². The zero-order valence-electron chi connectivity index (χ0n) is 13.9. The summed E-state index contributed by atoms with van der Waals surface area (Å²) in [5.41, 5.74) is 5.95. The molecule has 0 aliphatic heterocycles. The molecule has 1 aliphatic rings. The molecular weight excluding hydrogens is 248 g/mol. The van der Waals surface area contributed by atoms with Crippen molar-refractivity contribution >= 4 is 5.91 Å². The lowest BCUT2D eigenvalue weighted by Crippen LogP contribution is -2.43. The van der Waals surface area contributed by atoms with Gasteiger partial charge >= 0.3 is 0 Å². The molecule has 1 aliphatic carbocycles. The Kier molecular flexibility index (Phi) is 7.57. The van der Waals surface area contributed by atoms with Crippen LogP contribution in [0.15, 0.2) is 0 Å². The fourth-order valence-corrected chi connectivity index (χ4v) is 3.33. The maximum absolute atomic E-state index is 12.7. The van der Waals surface area contributed by atoms with Crippen LogP contribution in [0.1, 0.15) is 72.6 Å². The van der Waals surface area contributed by atoms with Gasteiger partial charge in [0.1, 0.15) is 0 Å². The fraction of sp³-hybridized carbons (Fsp3) is 0.941. The molecule has 2 N–H and O–H groups in total. The molecule has 0 aromatic rings. The minimum absolute atomic E-state index is 0.368. The minimum atomic E-state index is 0.368. The molecule has 0 radical (unpaired) electrons. The van der Waals surface area contributed by atoms with Gasteiger partial charge in [-0.25, -0.2) is 0 Å². The highest BCUT2D eigenvalue weighted by Crippen LogP contribution is 2.27. The summed E-state index contributed by atoms with van der Waals surface area (Å²) in [6.07, 6.45) is 7.29. The van der Waals surface area contributed by atoms with Crippen molar-refractivity contribution in [3.63, 3.8) is 0 Å². The number of hydrogen-bond donors (Lipinski definition) is 1. The number of carbonyl (C=O) groups excluding carboxylic acids is 1. The number of carbonyl (C=O) groups is 1. The normalized spacial score (nSPS) is 23.4. The van der Waals surface area contributed by atoms with Gasteiger partial charge in [-0.05, 0) is 50.4 Å². The summed E-state index contributed by atoms with van der Waals surface area (Å²) >= 11 is 0. The van der Waals surface area contributed by atoms with Crippen molar-refractivity contribution in [3.05, 3.63) is 0 Å². The number of nitrogens with two attached hydrogens (primary N) is 1. The molecule has 0 heterocycles. The lowest BCUT2D eigenvalue weighted by molar-refractivity contribution is -0.135. The Bertz CT molecular complexity index is 279. The molecule has 0 aromatic heterocycles. The standard InChI is InChI=1S/C17H34N2O/c1-5-16(6-2)19(12-13(3)4)17(20)11-14-7-9-15(18)10-8-14/h13-16H,5-12,18H2,1-4H3. The van der Waals surface area contributed by atoms with Crippen molar-refractivity contribution in [3.8, 4) is 0 Å². The zero-order valence-corrected chi connectivity index (χ0v) is 13.9. The Morgan fingerprint density at radius 2 is 1.70 bits per heavy atom. The summed E-state index contributed by atoms with van der Waals surface area (Å²) in [7, 11) is 0. The number of amides is 1. The highest BCUT2D eigenvalue weighted by molar-refractivity contribution is 5.76. The minimum Gasteiger partial charge on any atom is -0.339 e. The smallest absolute Gasteiger partial charge is 0.223 e. The SMILES string of the molecule is CCC(CC)N(CC(C)C)C(=O)CC1CCC(N)CC1. The van der Waals surface area contributed by atoms with Crippen molar-refractivity contribution in [1.82, 2.24) is 4.90 Å². The fourth-order valence-electron chi connectivity index (χ4n) is 3.33. The molecule has 1 fully saturated rings. The number of nitrogens with zero attached hydrogens (tertiary/aromatic N) is 1. The van der Waals surface area contributed by atoms with Crippen LogP contribution in [0.2, 0.25) is 0 Å². The first-order chi connectivity index (χ1) is 9.47. The van der Waals surface area contributed by atoms with Gasteiger partial charge in [-0.15, -0.1) is 0 Å². The van der Waals surface area contributed by atoms with E-state index in [1.54, 1.807) is 0 Å². The zero-order chi connectivity index (χ0) is 15.1. The van der Waals surface area contributed by atoms with E-state index in [9.17, 15) is 4.79 Å². The lowest BCUT2D eigenvalue weighted by Gasteiger charge is -2.34. The monoisotopic (exact) mass is 282 g/mol. The van der Waals surface area contributed by atoms with Crippen LogP contribution in [0.3, 0.4) is 0 Å². The van der Waals surface area contributed by atoms with E-state index in [4.69, 9.17) is 5.73 Å². The molecule has 118 valence electrons. The number of hydrogen-bond acceptors (Lipinski definition) is 2. The average Bonchev–Trinajstić information content (AvgIpc) is 2.41. The molecule has 0 unspecified atom stereocenters. The van der Waals surface area contributed by atoms with Crippen molar-refractivity contribution < 1.29 is 4.79 Å². The van der Waals surface area contributed by atoms with E-state index < -0.39 is 0 Å². The molecule has 0 saturated heterocycles. The predicted molar refractivity (Wildman–Crippen MR) is 85.5 cm³/mol. The van der Waals surface area contributed by atoms with Crippen molar-refractivity contribution in [2.24, 2.45) is 17.6 Å². The van der Waals surface area contributed by atoms with Gasteiger partial charge < -0.3 is 10.6 Å². The third-order valence-electron chi connectivity index (χ3n) is 4.62. The van der Waals surface area contributed by atoms with Crippen LogP contribution in [0.25, 0.3) is 0 Å². The van der Waals surface area contributed by atoms with Crippen molar-refractivity contribution in [2.75, 3.05) is 6.54 Å². The Hall–Kier alpha value is -0.570. The van der Waals surface area contributed by atoms with Gasteiger partial charge in [0.05, 0.1) is 0 Å². The Balaban J connectivity index is 2.58. The van der Waals surface area contributed by atoms with Crippen LogP contribution < -0.4 is 5.73 Å². The summed E-state index contributed by atoms with van der Waals surface area (Å²) < 4.78 is 0. The second-order valence-corrected chi connectivity index (χ2v) is 6.90. The van der Waals surface area contributed by atoms with Crippen molar-refractivity contribution in [2.45, 2.75) is 84.7 Å². The predicted octanol–water partition coefficient (Wildman–Crippen LogP) is 3.57. The first kappa shape index (κ1) is 17.5. The van der Waals surface area contributed by atoms with Gasteiger partial charge in [0.15, 0.2) is 0 Å². The summed E-state index contributed by atoms with van der Waals surface area (Å²) in [6.45, 7) is 9.67. The van der Waals surface area contributed by atoms with Gasteiger partial charge in [0.25, 0.3) is 0 Å². The third kappa shape index (κ3) is 5.43. The Morgan fingerprint density at radius 3 is 2.15 bits per heavy atom. The van der Waals surface area contributed by atoms with E-state index >= 15 is 0 Å². The highest BCUT2D eigenvalue weighted by atomic mass is 16.2. The van der Waals surface area contributed by atoms with Crippen LogP contribution in [-0.4, -0.2) is 29.4 Å². The molecule has 1 amide bonds. The van der Waals surface area contributed by atoms with E-state index in [0.29, 0.717) is 29.8 Å². The van der Waals surface area contributed by atoms with Gasteiger partial charge in [-0.2, -0.15) is 0 Å². The molecule has 0 aromatic carbocycles. The maximum atomic E-state index is 12.7. The largest absolute Gasteiger partial charge is 0.339 e. The van der Waals surface area contributed by atoms with E-state index in [-0.39, 0.29) is 0 Å². The quantitative estimate of drug-likeness (QED) is 0.776. The average molecular weight is 282 g/mol. The Morgan fingerprint density at radius 1 is 1.15 bits per heavy atom. The maximum Gasteiger partial charge on any atom is 0.223 e.